The first-order chi connectivity index (χ1) is 14.9. The molecule has 8 heteroatoms. The summed E-state index contributed by atoms with van der Waals surface area (Å²) < 4.78 is 6.16. The molecule has 3 rings (SSSR count). The highest BCUT2D eigenvalue weighted by molar-refractivity contribution is 9.10. The van der Waals surface area contributed by atoms with Crippen LogP contribution in [-0.2, 0) is 9.59 Å². The third-order valence-corrected chi connectivity index (χ3v) is 4.53. The van der Waals surface area contributed by atoms with E-state index in [1.54, 1.807) is 66.7 Å². The van der Waals surface area contributed by atoms with E-state index >= 15 is 0 Å². The highest BCUT2D eigenvalue weighted by Gasteiger charge is 2.14. The number of halogens is 1. The van der Waals surface area contributed by atoms with Crippen LogP contribution in [0.25, 0.3) is 0 Å². The van der Waals surface area contributed by atoms with E-state index in [0.717, 1.165) is 10.0 Å². The number of hydrazone groups is 1. The van der Waals surface area contributed by atoms with Gasteiger partial charge in [0.1, 0.15) is 5.75 Å². The lowest BCUT2D eigenvalue weighted by Gasteiger charge is -2.08. The number of rotatable bonds is 5. The van der Waals surface area contributed by atoms with Gasteiger partial charge in [0.2, 0.25) is 0 Å². The number of carbonyl (C=O) groups excluding carboxylic acids is 3. The predicted octanol–water partition coefficient (Wildman–Crippen LogP) is 4.07. The van der Waals surface area contributed by atoms with Crippen molar-refractivity contribution in [2.24, 2.45) is 5.10 Å². The SMILES string of the molecule is Cc1cccc(NC(=O)C(=O)N/N=C\c2cc(Br)ccc2OC(=O)c2ccccc2)c1. The molecule has 2 amide bonds. The summed E-state index contributed by atoms with van der Waals surface area (Å²) in [5.41, 5.74) is 4.44. The van der Waals surface area contributed by atoms with Gasteiger partial charge in [-0.25, -0.2) is 10.2 Å². The molecule has 0 bridgehead atoms. The molecule has 156 valence electrons. The lowest BCUT2D eigenvalue weighted by molar-refractivity contribution is -0.136. The molecule has 31 heavy (non-hydrogen) atoms. The second-order valence-corrected chi connectivity index (χ2v) is 7.38. The average Bonchev–Trinajstić information content (AvgIpc) is 2.76. The van der Waals surface area contributed by atoms with E-state index in [2.05, 4.69) is 31.8 Å². The van der Waals surface area contributed by atoms with Crippen molar-refractivity contribution < 1.29 is 19.1 Å². The third-order valence-electron chi connectivity index (χ3n) is 4.04. The maximum atomic E-state index is 12.3. The molecule has 3 aromatic carbocycles. The van der Waals surface area contributed by atoms with Crippen LogP contribution in [0.1, 0.15) is 21.5 Å². The van der Waals surface area contributed by atoms with Gasteiger partial charge in [-0.3, -0.25) is 9.59 Å². The molecule has 2 N–H and O–H groups in total. The van der Waals surface area contributed by atoms with E-state index in [1.807, 2.05) is 13.0 Å². The summed E-state index contributed by atoms with van der Waals surface area (Å²) in [5, 5.41) is 6.30. The Kier molecular flexibility index (Phi) is 7.29. The predicted molar refractivity (Wildman–Crippen MR) is 121 cm³/mol. The van der Waals surface area contributed by atoms with Crippen molar-refractivity contribution in [3.63, 3.8) is 0 Å². The summed E-state index contributed by atoms with van der Waals surface area (Å²) in [6, 6.07) is 20.6. The summed E-state index contributed by atoms with van der Waals surface area (Å²) in [4.78, 5) is 36.3. The molecule has 7 nitrogen and oxygen atoms in total. The van der Waals surface area contributed by atoms with Gasteiger partial charge in [-0.05, 0) is 55.0 Å². The summed E-state index contributed by atoms with van der Waals surface area (Å²) >= 11 is 3.34. The molecule has 0 saturated carbocycles. The Labute approximate surface area is 187 Å². The fourth-order valence-corrected chi connectivity index (χ4v) is 2.95. The van der Waals surface area contributed by atoms with E-state index in [9.17, 15) is 14.4 Å². The normalized spacial score (nSPS) is 10.5. The summed E-state index contributed by atoms with van der Waals surface area (Å²) in [5.74, 6) is -2.07. The van der Waals surface area contributed by atoms with Gasteiger partial charge in [0.25, 0.3) is 0 Å². The van der Waals surface area contributed by atoms with Crippen molar-refractivity contribution in [2.75, 3.05) is 5.32 Å². The van der Waals surface area contributed by atoms with Crippen LogP contribution in [-0.4, -0.2) is 24.0 Å². The van der Waals surface area contributed by atoms with E-state index in [4.69, 9.17) is 4.74 Å². The first-order valence-corrected chi connectivity index (χ1v) is 9.99. The fourth-order valence-electron chi connectivity index (χ4n) is 2.57. The van der Waals surface area contributed by atoms with Crippen molar-refractivity contribution in [3.05, 3.63) is 94.0 Å². The summed E-state index contributed by atoms with van der Waals surface area (Å²) in [6.07, 6.45) is 1.29. The minimum atomic E-state index is -0.935. The maximum Gasteiger partial charge on any atom is 0.343 e. The van der Waals surface area contributed by atoms with Gasteiger partial charge in [-0.2, -0.15) is 5.10 Å². The molecule has 0 aliphatic carbocycles. The molecular formula is C23H18BrN3O4. The molecule has 0 aliphatic heterocycles. The molecule has 0 fully saturated rings. The van der Waals surface area contributed by atoms with Crippen LogP contribution in [0, 0.1) is 6.92 Å². The van der Waals surface area contributed by atoms with Crippen LogP contribution in [0.15, 0.2) is 82.4 Å². The van der Waals surface area contributed by atoms with Crippen LogP contribution in [0.4, 0.5) is 5.69 Å². The average molecular weight is 480 g/mol. The first kappa shape index (κ1) is 21.9. The molecule has 0 saturated heterocycles. The van der Waals surface area contributed by atoms with Gasteiger partial charge in [0.05, 0.1) is 11.8 Å². The number of esters is 1. The maximum absolute atomic E-state index is 12.3. The number of hydrogen-bond acceptors (Lipinski definition) is 5. The summed E-state index contributed by atoms with van der Waals surface area (Å²) in [6.45, 7) is 1.88. The van der Waals surface area contributed by atoms with Crippen molar-refractivity contribution in [3.8, 4) is 5.75 Å². The van der Waals surface area contributed by atoms with Gasteiger partial charge in [-0.1, -0.05) is 46.3 Å². The highest BCUT2D eigenvalue weighted by atomic mass is 79.9. The monoisotopic (exact) mass is 479 g/mol. The molecule has 0 unspecified atom stereocenters. The van der Waals surface area contributed by atoms with E-state index < -0.39 is 17.8 Å². The highest BCUT2D eigenvalue weighted by Crippen LogP contribution is 2.23. The topological polar surface area (TPSA) is 96.9 Å². The second-order valence-electron chi connectivity index (χ2n) is 6.46. The standard InChI is InChI=1S/C23H18BrN3O4/c1-15-6-5-9-19(12-15)26-21(28)22(29)27-25-14-17-13-18(24)10-11-20(17)31-23(30)16-7-3-2-4-8-16/h2-14H,1H3,(H,26,28)(H,27,29)/b25-14-. The number of carbonyl (C=O) groups is 3. The van der Waals surface area contributed by atoms with E-state index in [-0.39, 0.29) is 5.75 Å². The number of amides is 2. The number of benzene rings is 3. The Morgan fingerprint density at radius 1 is 0.935 bits per heavy atom. The van der Waals surface area contributed by atoms with Gasteiger partial charge in [0.15, 0.2) is 0 Å². The molecule has 0 heterocycles. The Morgan fingerprint density at radius 2 is 1.71 bits per heavy atom. The van der Waals surface area contributed by atoms with Gasteiger partial charge in [0, 0.05) is 15.7 Å². The van der Waals surface area contributed by atoms with Crippen molar-refractivity contribution in [1.82, 2.24) is 5.43 Å². The van der Waals surface area contributed by atoms with Crippen molar-refractivity contribution in [2.45, 2.75) is 6.92 Å². The molecule has 3 aromatic rings. The third kappa shape index (κ3) is 6.35. The number of aryl methyl sites for hydroxylation is 1. The molecule has 0 aliphatic rings. The van der Waals surface area contributed by atoms with E-state index in [0.29, 0.717) is 16.8 Å². The Morgan fingerprint density at radius 3 is 2.45 bits per heavy atom. The minimum absolute atomic E-state index is 0.249. The largest absolute Gasteiger partial charge is 0.422 e. The molecule has 0 atom stereocenters. The van der Waals surface area contributed by atoms with Gasteiger partial charge >= 0.3 is 17.8 Å². The first-order valence-electron chi connectivity index (χ1n) is 9.20. The smallest absolute Gasteiger partial charge is 0.343 e. The molecule has 0 spiro atoms. The lowest BCUT2D eigenvalue weighted by atomic mass is 10.2. The number of nitrogens with zero attached hydrogens (tertiary/aromatic N) is 1. The van der Waals surface area contributed by atoms with Crippen LogP contribution in [0.2, 0.25) is 0 Å². The van der Waals surface area contributed by atoms with Crippen LogP contribution >= 0.6 is 15.9 Å². The number of ether oxygens (including phenoxy) is 1. The molecular weight excluding hydrogens is 462 g/mol. The zero-order valence-corrected chi connectivity index (χ0v) is 18.0. The Bertz CT molecular complexity index is 1150. The fraction of sp³-hybridized carbons (Fsp3) is 0.0435. The number of hydrogen-bond donors (Lipinski definition) is 2. The van der Waals surface area contributed by atoms with Gasteiger partial charge in [-0.15, -0.1) is 0 Å². The number of anilines is 1. The second kappa shape index (κ2) is 10.3. The van der Waals surface area contributed by atoms with Crippen LogP contribution in [0.3, 0.4) is 0 Å². The number of nitrogens with one attached hydrogen (secondary N) is 2. The Hall–Kier alpha value is -3.78. The van der Waals surface area contributed by atoms with E-state index in [1.165, 1.54) is 6.21 Å². The van der Waals surface area contributed by atoms with Crippen LogP contribution in [0.5, 0.6) is 5.75 Å². The summed E-state index contributed by atoms with van der Waals surface area (Å²) in [7, 11) is 0. The Balaban J connectivity index is 1.66. The zero-order valence-electron chi connectivity index (χ0n) is 16.5. The lowest BCUT2D eigenvalue weighted by Crippen LogP contribution is -2.32. The van der Waals surface area contributed by atoms with Crippen LogP contribution < -0.4 is 15.5 Å². The van der Waals surface area contributed by atoms with Gasteiger partial charge < -0.3 is 10.1 Å². The molecule has 0 aromatic heterocycles. The quantitative estimate of drug-likeness (QED) is 0.189. The van der Waals surface area contributed by atoms with Crippen molar-refractivity contribution in [1.29, 1.82) is 0 Å². The zero-order chi connectivity index (χ0) is 22.2. The van der Waals surface area contributed by atoms with Crippen molar-refractivity contribution >= 4 is 45.6 Å². The molecule has 0 radical (unpaired) electrons. The minimum Gasteiger partial charge on any atom is -0.422 e.